The minimum Gasteiger partial charge on any atom is -0.465 e. The Morgan fingerprint density at radius 1 is 1.29 bits per heavy atom. The molecule has 2 aliphatic rings. The number of allylic oxidation sites excluding steroid dienone is 3. The topological polar surface area (TPSA) is 96.9 Å². The monoisotopic (exact) mass is 401 g/mol. The molecule has 0 bridgehead atoms. The zero-order valence-corrected chi connectivity index (χ0v) is 16.3. The van der Waals surface area contributed by atoms with E-state index in [0.29, 0.717) is 5.84 Å². The molecule has 1 aromatic carbocycles. The van der Waals surface area contributed by atoms with Crippen LogP contribution in [0.5, 0.6) is 0 Å². The zero-order valence-electron chi connectivity index (χ0n) is 15.5. The smallest absolute Gasteiger partial charge is 0.337 e. The van der Waals surface area contributed by atoms with Crippen LogP contribution < -0.4 is 10.6 Å². The Labute approximate surface area is 167 Å². The molecule has 2 N–H and O–H groups in total. The van der Waals surface area contributed by atoms with Gasteiger partial charge in [-0.1, -0.05) is 23.8 Å². The van der Waals surface area contributed by atoms with E-state index in [-0.39, 0.29) is 22.7 Å². The minimum absolute atomic E-state index is 0.243. The van der Waals surface area contributed by atoms with Crippen molar-refractivity contribution in [3.8, 4) is 0 Å². The first kappa shape index (κ1) is 19.8. The minimum atomic E-state index is -0.924. The van der Waals surface area contributed by atoms with Crippen LogP contribution in [0.1, 0.15) is 36.5 Å². The predicted molar refractivity (Wildman–Crippen MR) is 106 cm³/mol. The number of hydrogen-bond donors (Lipinski definition) is 2. The Hall–Kier alpha value is -2.93. The molecule has 28 heavy (non-hydrogen) atoms. The van der Waals surface area contributed by atoms with Crippen molar-refractivity contribution >= 4 is 40.9 Å². The molecule has 1 aromatic rings. The van der Waals surface area contributed by atoms with Crippen molar-refractivity contribution in [3.63, 3.8) is 0 Å². The number of esters is 1. The van der Waals surface area contributed by atoms with Crippen molar-refractivity contribution in [2.45, 2.75) is 26.2 Å². The number of hydrogen-bond acceptors (Lipinski definition) is 5. The van der Waals surface area contributed by atoms with Crippen LogP contribution >= 0.6 is 11.6 Å². The molecule has 0 saturated carbocycles. The summed E-state index contributed by atoms with van der Waals surface area (Å²) in [5, 5.41) is 5.62. The number of amides is 2. The van der Waals surface area contributed by atoms with Gasteiger partial charge in [0, 0.05) is 5.70 Å². The van der Waals surface area contributed by atoms with Gasteiger partial charge in [0.15, 0.2) is 0 Å². The van der Waals surface area contributed by atoms with Crippen LogP contribution in [0.2, 0.25) is 5.02 Å². The summed E-state index contributed by atoms with van der Waals surface area (Å²) in [6.45, 7) is 1.87. The third kappa shape index (κ3) is 4.31. The third-order valence-electron chi connectivity index (χ3n) is 4.53. The lowest BCUT2D eigenvalue weighted by Gasteiger charge is -2.26. The van der Waals surface area contributed by atoms with Crippen LogP contribution in [0, 0.1) is 5.92 Å². The molecule has 8 heteroatoms. The number of rotatable bonds is 3. The maximum absolute atomic E-state index is 12.7. The van der Waals surface area contributed by atoms with E-state index in [1.165, 1.54) is 25.3 Å². The molecule has 0 aromatic heterocycles. The van der Waals surface area contributed by atoms with Crippen molar-refractivity contribution in [3.05, 3.63) is 52.2 Å². The molecule has 0 spiro atoms. The van der Waals surface area contributed by atoms with Gasteiger partial charge in [-0.05, 0) is 50.0 Å². The fourth-order valence-electron chi connectivity index (χ4n) is 3.04. The van der Waals surface area contributed by atoms with Gasteiger partial charge in [-0.15, -0.1) is 0 Å². The van der Waals surface area contributed by atoms with Gasteiger partial charge in [0.05, 0.1) is 23.4 Å². The predicted octanol–water partition coefficient (Wildman–Crippen LogP) is 3.22. The van der Waals surface area contributed by atoms with Crippen molar-refractivity contribution in [2.24, 2.45) is 10.9 Å². The van der Waals surface area contributed by atoms with Gasteiger partial charge < -0.3 is 15.4 Å². The number of amidine groups is 1. The Bertz CT molecular complexity index is 933. The highest BCUT2D eigenvalue weighted by atomic mass is 35.5. The SMILES string of the molecule is COC(=O)c1ccc(Cl)c(NC(=O)C2CC3=CCCC=C(C)N=C3NC2=O)c1. The van der Waals surface area contributed by atoms with Crippen molar-refractivity contribution < 1.29 is 19.1 Å². The molecule has 1 unspecified atom stereocenters. The van der Waals surface area contributed by atoms with Crippen LogP contribution in [0.4, 0.5) is 5.69 Å². The second kappa shape index (κ2) is 8.39. The third-order valence-corrected chi connectivity index (χ3v) is 4.86. The molecule has 0 aliphatic carbocycles. The zero-order chi connectivity index (χ0) is 20.3. The molecule has 0 radical (unpaired) electrons. The van der Waals surface area contributed by atoms with Crippen molar-refractivity contribution in [1.82, 2.24) is 5.32 Å². The average molecular weight is 402 g/mol. The first-order chi connectivity index (χ1) is 13.4. The number of piperidine rings is 1. The van der Waals surface area contributed by atoms with Crippen LogP contribution in [-0.4, -0.2) is 30.7 Å². The van der Waals surface area contributed by atoms with E-state index in [4.69, 9.17) is 11.6 Å². The van der Waals surface area contributed by atoms with E-state index >= 15 is 0 Å². The molecule has 2 heterocycles. The largest absolute Gasteiger partial charge is 0.465 e. The number of carbonyl (C=O) groups excluding carboxylic acids is 3. The lowest BCUT2D eigenvalue weighted by Crippen LogP contribution is -2.47. The van der Waals surface area contributed by atoms with Gasteiger partial charge in [-0.2, -0.15) is 0 Å². The first-order valence-electron chi connectivity index (χ1n) is 8.83. The number of nitrogens with zero attached hydrogens (tertiary/aromatic N) is 1. The van der Waals surface area contributed by atoms with Gasteiger partial charge in [-0.3, -0.25) is 9.59 Å². The molecule has 2 amide bonds. The van der Waals surface area contributed by atoms with E-state index in [0.717, 1.165) is 24.1 Å². The maximum atomic E-state index is 12.7. The number of nitrogens with one attached hydrogen (secondary N) is 2. The van der Waals surface area contributed by atoms with Gasteiger partial charge in [0.25, 0.3) is 0 Å². The molecular weight excluding hydrogens is 382 g/mol. The number of ether oxygens (including phenoxy) is 1. The summed E-state index contributed by atoms with van der Waals surface area (Å²) in [5.74, 6) is -1.91. The van der Waals surface area contributed by atoms with E-state index in [1.54, 1.807) is 0 Å². The number of fused-ring (bicyclic) bond motifs is 1. The second-order valence-corrected chi connectivity index (χ2v) is 6.94. The second-order valence-electron chi connectivity index (χ2n) is 6.53. The van der Waals surface area contributed by atoms with Crippen molar-refractivity contribution in [2.75, 3.05) is 12.4 Å². The lowest BCUT2D eigenvalue weighted by molar-refractivity contribution is -0.131. The number of methoxy groups -OCH3 is 1. The molecule has 2 aliphatic heterocycles. The average Bonchev–Trinajstić information content (AvgIpc) is 2.66. The van der Waals surface area contributed by atoms with E-state index in [1.807, 2.05) is 19.1 Å². The molecule has 1 fully saturated rings. The maximum Gasteiger partial charge on any atom is 0.337 e. The van der Waals surface area contributed by atoms with Crippen LogP contribution in [0.25, 0.3) is 0 Å². The van der Waals surface area contributed by atoms with Crippen LogP contribution in [0.15, 0.2) is 46.6 Å². The van der Waals surface area contributed by atoms with E-state index in [2.05, 4.69) is 20.4 Å². The molecular formula is C20H20ClN3O4. The summed E-state index contributed by atoms with van der Waals surface area (Å²) < 4.78 is 4.68. The highest BCUT2D eigenvalue weighted by Gasteiger charge is 2.35. The Morgan fingerprint density at radius 3 is 2.79 bits per heavy atom. The number of aliphatic imine (C=N–C) groups is 1. The molecule has 7 nitrogen and oxygen atoms in total. The summed E-state index contributed by atoms with van der Waals surface area (Å²) in [6.07, 6.45) is 5.90. The molecule has 1 saturated heterocycles. The standard InChI is InChI=1S/C20H20ClN3O4/c1-11-5-3-4-6-12-9-14(19(26)24-17(12)22-11)18(25)23-16-10-13(20(27)28-2)7-8-15(16)21/h5-8,10,14H,3-4,9H2,1-2H3,(H,23,25)(H,22,24,26). The van der Waals surface area contributed by atoms with E-state index in [9.17, 15) is 14.4 Å². The van der Waals surface area contributed by atoms with E-state index < -0.39 is 23.7 Å². The fourth-order valence-corrected chi connectivity index (χ4v) is 3.21. The number of carbonyl (C=O) groups is 3. The number of anilines is 1. The van der Waals surface area contributed by atoms with Crippen molar-refractivity contribution in [1.29, 1.82) is 0 Å². The highest BCUT2D eigenvalue weighted by Crippen LogP contribution is 2.27. The summed E-state index contributed by atoms with van der Waals surface area (Å²) in [5.41, 5.74) is 2.15. The lowest BCUT2D eigenvalue weighted by atomic mass is 9.91. The van der Waals surface area contributed by atoms with Gasteiger partial charge in [0.2, 0.25) is 11.8 Å². The molecule has 3 rings (SSSR count). The van der Waals surface area contributed by atoms with Gasteiger partial charge >= 0.3 is 5.97 Å². The molecule has 1 atom stereocenters. The Balaban J connectivity index is 1.80. The summed E-state index contributed by atoms with van der Waals surface area (Å²) >= 11 is 6.13. The van der Waals surface area contributed by atoms with Gasteiger partial charge in [-0.25, -0.2) is 9.79 Å². The molecule has 146 valence electrons. The number of halogens is 1. The highest BCUT2D eigenvalue weighted by molar-refractivity contribution is 6.34. The quantitative estimate of drug-likeness (QED) is 0.600. The Morgan fingerprint density at radius 2 is 2.04 bits per heavy atom. The summed E-state index contributed by atoms with van der Waals surface area (Å²) in [6, 6.07) is 4.40. The first-order valence-corrected chi connectivity index (χ1v) is 9.21. The summed E-state index contributed by atoms with van der Waals surface area (Å²) in [4.78, 5) is 41.3. The normalized spacial score (nSPS) is 19.0. The Kier molecular flexibility index (Phi) is 5.94. The fraction of sp³-hybridized carbons (Fsp3) is 0.300. The van der Waals surface area contributed by atoms with Crippen LogP contribution in [0.3, 0.4) is 0 Å². The van der Waals surface area contributed by atoms with Crippen LogP contribution in [-0.2, 0) is 14.3 Å². The summed E-state index contributed by atoms with van der Waals surface area (Å²) in [7, 11) is 1.26. The number of benzene rings is 1. The van der Waals surface area contributed by atoms with Gasteiger partial charge in [0.1, 0.15) is 11.8 Å².